The van der Waals surface area contributed by atoms with E-state index >= 15 is 0 Å². The first-order valence-electron chi connectivity index (χ1n) is 27.2. The topological polar surface area (TPSA) is 257 Å². The van der Waals surface area contributed by atoms with Crippen LogP contribution >= 0.6 is 0 Å². The van der Waals surface area contributed by atoms with Crippen LogP contribution in [0, 0.1) is 17.3 Å². The number of aromatic nitrogens is 3. The third kappa shape index (κ3) is 23.1. The fourth-order valence-corrected chi connectivity index (χ4v) is 9.96. The average Bonchev–Trinajstić information content (AvgIpc) is 4.03. The average molecular weight is 1070 g/mol. The Morgan fingerprint density at radius 1 is 0.658 bits per heavy atom. The standard InChI is InChI=1S/C34H50N4O6.C22H35NO9/c1-5-30(37-20-18-36-25-37)11-10-28(29-13-16-35-17-14-29)12-15-34(4,24-26(2)38-19-8-6-7-9-31(38)40)33(42)44-22-21-43-32(41)23-27(3)39;1-4-17(21(28)31-9-8-24)14-18(12-15(2)23-7-5-6-19(23)26)22(29)32-11-10-30-20(27)13-16(3)25/h13-14,16-18,20,25-26,28,30H,5-12,15,19,21-24H2,1-4H3;15,17-18,24H,4-14H2,1-3H3. The molecule has 2 fully saturated rings. The third-order valence-corrected chi connectivity index (χ3v) is 14.2. The minimum absolute atomic E-state index is 0.0383. The van der Waals surface area contributed by atoms with Gasteiger partial charge in [-0.1, -0.05) is 20.3 Å². The molecule has 7 atom stereocenters. The zero-order valence-corrected chi connectivity index (χ0v) is 46.1. The van der Waals surface area contributed by atoms with Gasteiger partial charge in [-0.25, -0.2) is 4.98 Å². The second-order valence-electron chi connectivity index (χ2n) is 20.4. The second-order valence-corrected chi connectivity index (χ2v) is 20.4. The Morgan fingerprint density at radius 3 is 1.82 bits per heavy atom. The summed E-state index contributed by atoms with van der Waals surface area (Å²) in [7, 11) is 0. The van der Waals surface area contributed by atoms with Gasteiger partial charge in [0.25, 0.3) is 0 Å². The van der Waals surface area contributed by atoms with Crippen molar-refractivity contribution in [2.45, 2.75) is 182 Å². The zero-order valence-electron chi connectivity index (χ0n) is 46.1. The molecular formula is C56H85N5O15. The molecule has 0 spiro atoms. The number of likely N-dealkylation sites (tertiary alicyclic amines) is 2. The lowest BCUT2D eigenvalue weighted by atomic mass is 9.75. The lowest BCUT2D eigenvalue weighted by molar-refractivity contribution is -0.162. The molecule has 20 heteroatoms. The molecule has 4 rings (SSSR count). The van der Waals surface area contributed by atoms with Crippen LogP contribution < -0.4 is 0 Å². The Morgan fingerprint density at radius 2 is 1.24 bits per heavy atom. The van der Waals surface area contributed by atoms with Crippen molar-refractivity contribution >= 4 is 53.2 Å². The number of carbonyl (C=O) groups is 9. The molecular weight excluding hydrogens is 983 g/mol. The zero-order chi connectivity index (χ0) is 56.0. The van der Waals surface area contributed by atoms with Crippen LogP contribution in [0.2, 0.25) is 0 Å². The van der Waals surface area contributed by atoms with Crippen LogP contribution in [0.3, 0.4) is 0 Å². The molecule has 0 radical (unpaired) electrons. The number of ether oxygens (including phenoxy) is 5. The SMILES string of the molecule is CCC(CC(CC(C)N1CCCC1=O)C(=O)OCCOC(=O)CC(C)=O)C(=O)OCCO.CCC(CCC(CCC(C)(CC(C)N1CCCCCC1=O)C(=O)OCCOC(=O)CC(C)=O)c1ccncc1)n1ccnc1. The molecule has 1 N–H and O–H groups in total. The molecule has 20 nitrogen and oxygen atoms in total. The van der Waals surface area contributed by atoms with E-state index in [0.29, 0.717) is 57.7 Å². The molecule has 76 heavy (non-hydrogen) atoms. The Balaban J connectivity index is 0.000000422. The van der Waals surface area contributed by atoms with Gasteiger partial charge in [0.15, 0.2) is 0 Å². The van der Waals surface area contributed by atoms with Gasteiger partial charge < -0.3 is 43.2 Å². The first-order valence-corrected chi connectivity index (χ1v) is 27.2. The Kier molecular flexibility index (Phi) is 29.2. The number of aliphatic hydroxyl groups excluding tert-OH is 1. The normalized spacial score (nSPS) is 16.8. The van der Waals surface area contributed by atoms with E-state index in [1.165, 1.54) is 19.4 Å². The molecule has 0 aliphatic carbocycles. The number of esters is 5. The van der Waals surface area contributed by atoms with E-state index in [-0.39, 0.29) is 106 Å². The van der Waals surface area contributed by atoms with Crippen molar-refractivity contribution in [1.29, 1.82) is 0 Å². The molecule has 4 heterocycles. The summed E-state index contributed by atoms with van der Waals surface area (Å²) >= 11 is 0. The lowest BCUT2D eigenvalue weighted by Crippen LogP contribution is -2.43. The quantitative estimate of drug-likeness (QED) is 0.0332. The second kappa shape index (κ2) is 34.6. The number of amides is 2. The maximum Gasteiger partial charge on any atom is 0.313 e. The lowest BCUT2D eigenvalue weighted by Gasteiger charge is -2.36. The Labute approximate surface area is 448 Å². The third-order valence-electron chi connectivity index (χ3n) is 14.2. The summed E-state index contributed by atoms with van der Waals surface area (Å²) in [6.07, 6.45) is 18.9. The molecule has 2 aliphatic rings. The monoisotopic (exact) mass is 1070 g/mol. The van der Waals surface area contributed by atoms with Crippen LogP contribution in [-0.4, -0.2) is 147 Å². The number of rotatable bonds is 33. The molecule has 7 unspecified atom stereocenters. The number of hydrogen-bond acceptors (Lipinski definition) is 17. The van der Waals surface area contributed by atoms with E-state index in [1.54, 1.807) is 18.0 Å². The number of carbonyl (C=O) groups excluding carboxylic acids is 9. The van der Waals surface area contributed by atoms with Crippen molar-refractivity contribution in [3.8, 4) is 0 Å². The largest absolute Gasteiger partial charge is 0.463 e. The smallest absolute Gasteiger partial charge is 0.313 e. The summed E-state index contributed by atoms with van der Waals surface area (Å²) in [5.41, 5.74) is 0.319. The predicted molar refractivity (Wildman–Crippen MR) is 279 cm³/mol. The van der Waals surface area contributed by atoms with Gasteiger partial charge in [0.05, 0.1) is 30.2 Å². The van der Waals surface area contributed by atoms with E-state index in [0.717, 1.165) is 51.4 Å². The molecule has 2 aromatic rings. The number of hydrogen-bond donors (Lipinski definition) is 1. The van der Waals surface area contributed by atoms with E-state index in [2.05, 4.69) is 21.5 Å². The van der Waals surface area contributed by atoms with Gasteiger partial charge in [-0.3, -0.25) is 48.1 Å². The highest BCUT2D eigenvalue weighted by molar-refractivity contribution is 5.94. The minimum atomic E-state index is -0.866. The number of ketones is 2. The van der Waals surface area contributed by atoms with Crippen molar-refractivity contribution < 1.29 is 71.9 Å². The highest BCUT2D eigenvalue weighted by Crippen LogP contribution is 2.39. The van der Waals surface area contributed by atoms with Gasteiger partial charge in [0.2, 0.25) is 11.8 Å². The highest BCUT2D eigenvalue weighted by atomic mass is 16.6. The van der Waals surface area contributed by atoms with E-state index in [9.17, 15) is 43.2 Å². The van der Waals surface area contributed by atoms with Crippen LogP contribution in [0.1, 0.15) is 175 Å². The van der Waals surface area contributed by atoms with Gasteiger partial charge in [-0.05, 0) is 135 Å². The summed E-state index contributed by atoms with van der Waals surface area (Å²) in [4.78, 5) is 121. The Hall–Kier alpha value is -6.05. The fourth-order valence-electron chi connectivity index (χ4n) is 9.96. The molecule has 2 saturated heterocycles. The van der Waals surface area contributed by atoms with Crippen molar-refractivity contribution in [1.82, 2.24) is 24.3 Å². The fraction of sp³-hybridized carbons (Fsp3) is 0.696. The molecule has 424 valence electrons. The van der Waals surface area contributed by atoms with E-state index < -0.39 is 41.1 Å². The maximum absolute atomic E-state index is 13.7. The molecule has 0 saturated carbocycles. The first kappa shape index (κ1) is 64.2. The molecule has 0 aromatic carbocycles. The van der Waals surface area contributed by atoms with Crippen LogP contribution in [0.4, 0.5) is 0 Å². The van der Waals surface area contributed by atoms with Crippen LogP contribution in [-0.2, 0) is 66.8 Å². The number of imidazole rings is 1. The number of nitrogens with zero attached hydrogens (tertiary/aromatic N) is 5. The van der Waals surface area contributed by atoms with Gasteiger partial charge in [0, 0.05) is 68.8 Å². The van der Waals surface area contributed by atoms with Crippen molar-refractivity contribution in [3.05, 3.63) is 48.8 Å². The summed E-state index contributed by atoms with van der Waals surface area (Å²) in [5.74, 6) is -4.20. The number of Topliss-reactive ketones (excluding diaryl/α,β-unsaturated/α-hetero) is 2. The summed E-state index contributed by atoms with van der Waals surface area (Å²) in [5, 5.41) is 8.87. The van der Waals surface area contributed by atoms with Gasteiger partial charge in [-0.2, -0.15) is 0 Å². The molecule has 2 amide bonds. The van der Waals surface area contributed by atoms with Crippen molar-refractivity contribution in [2.75, 3.05) is 52.7 Å². The van der Waals surface area contributed by atoms with Crippen LogP contribution in [0.15, 0.2) is 43.2 Å². The minimum Gasteiger partial charge on any atom is -0.463 e. The summed E-state index contributed by atoms with van der Waals surface area (Å²) < 4.78 is 28.0. The first-order chi connectivity index (χ1) is 36.3. The summed E-state index contributed by atoms with van der Waals surface area (Å²) in [6, 6.07) is 4.09. The van der Waals surface area contributed by atoms with Gasteiger partial charge in [-0.15, -0.1) is 0 Å². The van der Waals surface area contributed by atoms with E-state index in [4.69, 9.17) is 28.8 Å². The van der Waals surface area contributed by atoms with Crippen molar-refractivity contribution in [3.63, 3.8) is 0 Å². The number of aliphatic hydroxyl groups is 1. The molecule has 2 aliphatic heterocycles. The molecule has 2 aromatic heterocycles. The van der Waals surface area contributed by atoms with Crippen molar-refractivity contribution in [2.24, 2.45) is 17.3 Å². The predicted octanol–water partition coefficient (Wildman–Crippen LogP) is 6.85. The maximum atomic E-state index is 13.7. The Bertz CT molecular complexity index is 2140. The number of pyridine rings is 1. The summed E-state index contributed by atoms with van der Waals surface area (Å²) in [6.45, 7) is 12.8. The van der Waals surface area contributed by atoms with Gasteiger partial charge in [0.1, 0.15) is 57.4 Å². The van der Waals surface area contributed by atoms with Crippen LogP contribution in [0.25, 0.3) is 0 Å². The highest BCUT2D eigenvalue weighted by Gasteiger charge is 2.40. The van der Waals surface area contributed by atoms with E-state index in [1.807, 2.05) is 62.7 Å². The van der Waals surface area contributed by atoms with Gasteiger partial charge >= 0.3 is 29.8 Å². The van der Waals surface area contributed by atoms with Crippen LogP contribution in [0.5, 0.6) is 0 Å². The molecule has 0 bridgehead atoms.